The number of aliphatic hydroxyl groups excluding tert-OH is 1. The van der Waals surface area contributed by atoms with Gasteiger partial charge in [-0.3, -0.25) is 9.59 Å². The molecule has 0 bridgehead atoms. The van der Waals surface area contributed by atoms with E-state index in [9.17, 15) is 19.8 Å². The van der Waals surface area contributed by atoms with Gasteiger partial charge in [0.1, 0.15) is 12.2 Å². The average Bonchev–Trinajstić information content (AvgIpc) is 2.39. The number of aliphatic hydroxyl groups is 2. The zero-order valence-corrected chi connectivity index (χ0v) is 15.5. The van der Waals surface area contributed by atoms with Crippen LogP contribution >= 0.6 is 0 Å². The van der Waals surface area contributed by atoms with Gasteiger partial charge in [-0.25, -0.2) is 0 Å². The lowest BCUT2D eigenvalue weighted by atomic mass is 9.47. The maximum atomic E-state index is 11.6. The van der Waals surface area contributed by atoms with E-state index in [2.05, 4.69) is 0 Å². The van der Waals surface area contributed by atoms with Crippen LogP contribution in [0.1, 0.15) is 60.8 Å². The first-order valence-corrected chi connectivity index (χ1v) is 8.57. The zero-order valence-electron chi connectivity index (χ0n) is 15.5. The number of hydrogen-bond donors (Lipinski definition) is 2. The molecule has 24 heavy (non-hydrogen) atoms. The maximum Gasteiger partial charge on any atom is 0.303 e. The highest BCUT2D eigenvalue weighted by atomic mass is 16.6. The Bertz CT molecular complexity index is 526. The summed E-state index contributed by atoms with van der Waals surface area (Å²) in [6, 6.07) is 0. The molecule has 0 heterocycles. The van der Waals surface area contributed by atoms with Crippen LogP contribution in [0.15, 0.2) is 0 Å². The molecule has 0 unspecified atom stereocenters. The highest BCUT2D eigenvalue weighted by molar-refractivity contribution is 5.67. The van der Waals surface area contributed by atoms with Crippen LogP contribution in [0.2, 0.25) is 0 Å². The molecule has 0 aromatic heterocycles. The minimum absolute atomic E-state index is 0.0244. The Morgan fingerprint density at radius 2 is 1.58 bits per heavy atom. The van der Waals surface area contributed by atoms with Gasteiger partial charge in [0, 0.05) is 19.3 Å². The van der Waals surface area contributed by atoms with Gasteiger partial charge < -0.3 is 19.7 Å². The highest BCUT2D eigenvalue weighted by Crippen LogP contribution is 2.60. The quantitative estimate of drug-likeness (QED) is 0.744. The summed E-state index contributed by atoms with van der Waals surface area (Å²) in [6.45, 7) is 10.2. The first-order valence-electron chi connectivity index (χ1n) is 8.57. The Labute approximate surface area is 143 Å². The number of fused-ring (bicyclic) bond motifs is 1. The SMILES string of the molecule is CC(=O)O[C@@H]1[C@@]2(C)C[C@@H](OC(C)=O)[C@H](O)C(C)(C)[C@@H]2CC[C@]1(C)O. The Hall–Kier alpha value is -1.14. The van der Waals surface area contributed by atoms with Gasteiger partial charge >= 0.3 is 11.9 Å². The maximum absolute atomic E-state index is 11.6. The summed E-state index contributed by atoms with van der Waals surface area (Å²) in [4.78, 5) is 23.1. The van der Waals surface area contributed by atoms with E-state index in [4.69, 9.17) is 9.47 Å². The van der Waals surface area contributed by atoms with E-state index in [0.717, 1.165) is 0 Å². The second-order valence-electron chi connectivity index (χ2n) is 8.56. The predicted octanol–water partition coefficient (Wildman–Crippen LogP) is 1.81. The number of carbonyl (C=O) groups is 2. The van der Waals surface area contributed by atoms with Gasteiger partial charge in [-0.15, -0.1) is 0 Å². The number of carbonyl (C=O) groups excluding carboxylic acids is 2. The normalized spacial score (nSPS) is 44.3. The van der Waals surface area contributed by atoms with Crippen molar-refractivity contribution in [2.24, 2.45) is 16.7 Å². The van der Waals surface area contributed by atoms with Gasteiger partial charge in [-0.05, 0) is 37.5 Å². The summed E-state index contributed by atoms with van der Waals surface area (Å²) in [7, 11) is 0. The lowest BCUT2D eigenvalue weighted by molar-refractivity contribution is -0.257. The molecule has 6 atom stereocenters. The van der Waals surface area contributed by atoms with Gasteiger partial charge in [0.2, 0.25) is 0 Å². The predicted molar refractivity (Wildman–Crippen MR) is 87.0 cm³/mol. The zero-order chi connectivity index (χ0) is 18.5. The Morgan fingerprint density at radius 1 is 1.04 bits per heavy atom. The van der Waals surface area contributed by atoms with Gasteiger partial charge in [0.05, 0.1) is 11.7 Å². The Balaban J connectivity index is 2.48. The van der Waals surface area contributed by atoms with E-state index in [1.54, 1.807) is 6.92 Å². The Kier molecular flexibility index (Phi) is 4.79. The minimum atomic E-state index is -1.16. The third-order valence-corrected chi connectivity index (χ3v) is 6.15. The fourth-order valence-corrected chi connectivity index (χ4v) is 5.24. The van der Waals surface area contributed by atoms with E-state index in [1.165, 1.54) is 13.8 Å². The van der Waals surface area contributed by atoms with E-state index < -0.39 is 46.7 Å². The molecule has 2 fully saturated rings. The summed E-state index contributed by atoms with van der Waals surface area (Å²) < 4.78 is 10.9. The molecule has 2 aliphatic carbocycles. The Morgan fingerprint density at radius 3 is 2.08 bits per heavy atom. The van der Waals surface area contributed by atoms with Crippen molar-refractivity contribution in [3.63, 3.8) is 0 Å². The first kappa shape index (κ1) is 19.2. The lowest BCUT2D eigenvalue weighted by Crippen LogP contribution is -2.67. The van der Waals surface area contributed by atoms with E-state index in [-0.39, 0.29) is 5.92 Å². The molecule has 0 aromatic rings. The summed E-state index contributed by atoms with van der Waals surface area (Å²) >= 11 is 0. The van der Waals surface area contributed by atoms with Gasteiger partial charge in [0.15, 0.2) is 0 Å². The van der Waals surface area contributed by atoms with Crippen LogP contribution in [0.3, 0.4) is 0 Å². The number of rotatable bonds is 2. The monoisotopic (exact) mass is 342 g/mol. The fraction of sp³-hybridized carbons (Fsp3) is 0.889. The average molecular weight is 342 g/mol. The molecule has 0 radical (unpaired) electrons. The molecule has 0 saturated heterocycles. The third-order valence-electron chi connectivity index (χ3n) is 6.15. The van der Waals surface area contributed by atoms with Crippen molar-refractivity contribution in [1.29, 1.82) is 0 Å². The molecule has 0 amide bonds. The molecule has 6 heteroatoms. The van der Waals surface area contributed by atoms with Crippen molar-refractivity contribution in [3.8, 4) is 0 Å². The van der Waals surface area contributed by atoms with Crippen LogP contribution < -0.4 is 0 Å². The summed E-state index contributed by atoms with van der Waals surface area (Å²) in [5, 5.41) is 21.6. The van der Waals surface area contributed by atoms with Crippen LogP contribution in [0.5, 0.6) is 0 Å². The lowest BCUT2D eigenvalue weighted by Gasteiger charge is -2.62. The fourth-order valence-electron chi connectivity index (χ4n) is 5.24. The second-order valence-corrected chi connectivity index (χ2v) is 8.56. The summed E-state index contributed by atoms with van der Waals surface area (Å²) in [5.74, 6) is -0.880. The molecular formula is C18H30O6. The summed E-state index contributed by atoms with van der Waals surface area (Å²) in [6.07, 6.45) is -0.675. The van der Waals surface area contributed by atoms with Crippen molar-refractivity contribution >= 4 is 11.9 Å². The van der Waals surface area contributed by atoms with E-state index in [0.29, 0.717) is 19.3 Å². The standard InChI is InChI=1S/C18H30O6/c1-10(19)23-12-9-17(5)13(16(3,4)14(12)21)7-8-18(6,22)15(17)24-11(2)20/h12-15,21-22H,7-9H2,1-6H3/t12-,13+,14+,15-,17+,18+/m1/s1. The molecule has 6 nitrogen and oxygen atoms in total. The van der Waals surface area contributed by atoms with Crippen LogP contribution in [-0.4, -0.2) is 46.1 Å². The number of esters is 2. The largest absolute Gasteiger partial charge is 0.460 e. The van der Waals surface area contributed by atoms with Crippen molar-refractivity contribution in [1.82, 2.24) is 0 Å². The first-order chi connectivity index (χ1) is 10.8. The second kappa shape index (κ2) is 5.99. The van der Waals surface area contributed by atoms with E-state index in [1.807, 2.05) is 20.8 Å². The highest BCUT2D eigenvalue weighted by Gasteiger charge is 2.64. The van der Waals surface area contributed by atoms with Gasteiger partial charge in [-0.1, -0.05) is 20.8 Å². The molecule has 0 spiro atoms. The van der Waals surface area contributed by atoms with Gasteiger partial charge in [-0.2, -0.15) is 0 Å². The van der Waals surface area contributed by atoms with Crippen molar-refractivity contribution in [2.45, 2.75) is 84.7 Å². The van der Waals surface area contributed by atoms with Crippen molar-refractivity contribution in [3.05, 3.63) is 0 Å². The van der Waals surface area contributed by atoms with Crippen LogP contribution in [-0.2, 0) is 19.1 Å². The third kappa shape index (κ3) is 3.06. The van der Waals surface area contributed by atoms with E-state index >= 15 is 0 Å². The smallest absolute Gasteiger partial charge is 0.303 e. The topological polar surface area (TPSA) is 93.1 Å². The number of ether oxygens (including phenoxy) is 2. The molecule has 2 rings (SSSR count). The molecule has 0 aliphatic heterocycles. The molecular weight excluding hydrogens is 312 g/mol. The minimum Gasteiger partial charge on any atom is -0.460 e. The van der Waals surface area contributed by atoms with Crippen molar-refractivity contribution in [2.75, 3.05) is 0 Å². The van der Waals surface area contributed by atoms with Gasteiger partial charge in [0.25, 0.3) is 0 Å². The van der Waals surface area contributed by atoms with Crippen LogP contribution in [0.4, 0.5) is 0 Å². The number of hydrogen-bond acceptors (Lipinski definition) is 6. The van der Waals surface area contributed by atoms with Crippen LogP contribution in [0, 0.1) is 16.7 Å². The molecule has 138 valence electrons. The van der Waals surface area contributed by atoms with Crippen LogP contribution in [0.25, 0.3) is 0 Å². The molecule has 2 N–H and O–H groups in total. The molecule has 0 aromatic carbocycles. The molecule has 2 saturated carbocycles. The molecule has 2 aliphatic rings. The summed E-state index contributed by atoms with van der Waals surface area (Å²) in [5.41, 5.74) is -2.30. The van der Waals surface area contributed by atoms with Crippen molar-refractivity contribution < 1.29 is 29.3 Å².